The first-order chi connectivity index (χ1) is 7.23. The smallest absolute Gasteiger partial charge is 0.0915 e. The van der Waals surface area contributed by atoms with Gasteiger partial charge in [0.1, 0.15) is 0 Å². The van der Waals surface area contributed by atoms with E-state index in [0.717, 1.165) is 24.0 Å². The van der Waals surface area contributed by atoms with Gasteiger partial charge in [0.25, 0.3) is 0 Å². The van der Waals surface area contributed by atoms with Crippen LogP contribution in [-0.4, -0.2) is 23.4 Å². The van der Waals surface area contributed by atoms with Crippen LogP contribution in [0.3, 0.4) is 0 Å². The van der Waals surface area contributed by atoms with Crippen molar-refractivity contribution in [2.45, 2.75) is 24.4 Å². The average molecular weight is 207 g/mol. The summed E-state index contributed by atoms with van der Waals surface area (Å²) < 4.78 is 0. The summed E-state index contributed by atoms with van der Waals surface area (Å²) in [6.07, 6.45) is 1.38. The molecule has 1 aromatic rings. The Bertz CT molecular complexity index is 347. The van der Waals surface area contributed by atoms with E-state index in [0.29, 0.717) is 0 Å². The molecule has 0 aliphatic heterocycles. The molecule has 0 aromatic heterocycles. The molecule has 1 saturated carbocycles. The van der Waals surface area contributed by atoms with Gasteiger partial charge in [-0.3, -0.25) is 0 Å². The molecule has 0 amide bonds. The molecule has 1 aliphatic rings. The van der Waals surface area contributed by atoms with Crippen LogP contribution in [0.4, 0.5) is 0 Å². The quantitative estimate of drug-likeness (QED) is 0.681. The van der Waals surface area contributed by atoms with Crippen molar-refractivity contribution in [2.75, 3.05) is 13.2 Å². The standard InChI is InChI=1S/C12H17NO2/c13-7-11(15)9-3-1-2-4-10(9)12(8-14)5-6-12/h1-4,11,14-15H,5-8,13H2. The second-order valence-corrected chi connectivity index (χ2v) is 4.28. The lowest BCUT2D eigenvalue weighted by molar-refractivity contribution is 0.182. The molecule has 4 N–H and O–H groups in total. The molecule has 3 heteroatoms. The first-order valence-electron chi connectivity index (χ1n) is 5.32. The van der Waals surface area contributed by atoms with E-state index in [-0.39, 0.29) is 18.6 Å². The lowest BCUT2D eigenvalue weighted by atomic mass is 9.89. The molecule has 0 saturated heterocycles. The Hall–Kier alpha value is -0.900. The number of hydrogen-bond acceptors (Lipinski definition) is 3. The second kappa shape index (κ2) is 3.93. The molecule has 1 aliphatic carbocycles. The van der Waals surface area contributed by atoms with Gasteiger partial charge in [-0.2, -0.15) is 0 Å². The minimum atomic E-state index is -0.620. The molecule has 0 bridgehead atoms. The van der Waals surface area contributed by atoms with Gasteiger partial charge in [-0.25, -0.2) is 0 Å². The van der Waals surface area contributed by atoms with Crippen molar-refractivity contribution in [3.63, 3.8) is 0 Å². The normalized spacial score (nSPS) is 19.9. The third kappa shape index (κ3) is 1.78. The van der Waals surface area contributed by atoms with Crippen LogP contribution in [0.25, 0.3) is 0 Å². The lowest BCUT2D eigenvalue weighted by Gasteiger charge is -2.19. The molecule has 2 rings (SSSR count). The molecule has 1 aromatic carbocycles. The van der Waals surface area contributed by atoms with Crippen molar-refractivity contribution in [2.24, 2.45) is 5.73 Å². The van der Waals surface area contributed by atoms with E-state index in [1.165, 1.54) is 0 Å². The highest BCUT2D eigenvalue weighted by molar-refractivity contribution is 5.40. The predicted molar refractivity (Wildman–Crippen MR) is 58.5 cm³/mol. The summed E-state index contributed by atoms with van der Waals surface area (Å²) in [6.45, 7) is 0.375. The molecule has 1 fully saturated rings. The van der Waals surface area contributed by atoms with E-state index in [9.17, 15) is 10.2 Å². The fraction of sp³-hybridized carbons (Fsp3) is 0.500. The van der Waals surface area contributed by atoms with Crippen LogP contribution in [0.15, 0.2) is 24.3 Å². The molecule has 0 spiro atoms. The van der Waals surface area contributed by atoms with Crippen molar-refractivity contribution in [3.8, 4) is 0 Å². The highest BCUT2D eigenvalue weighted by Crippen LogP contribution is 2.49. The van der Waals surface area contributed by atoms with Crippen LogP contribution in [0, 0.1) is 0 Å². The molecule has 3 nitrogen and oxygen atoms in total. The number of hydrogen-bond donors (Lipinski definition) is 3. The maximum atomic E-state index is 9.79. The minimum Gasteiger partial charge on any atom is -0.395 e. The second-order valence-electron chi connectivity index (χ2n) is 4.28. The Morgan fingerprint density at radius 1 is 1.33 bits per heavy atom. The van der Waals surface area contributed by atoms with E-state index >= 15 is 0 Å². The summed E-state index contributed by atoms with van der Waals surface area (Å²) in [5, 5.41) is 19.2. The zero-order chi connectivity index (χ0) is 10.9. The van der Waals surface area contributed by atoms with Gasteiger partial charge in [0.15, 0.2) is 0 Å². The number of nitrogens with two attached hydrogens (primary N) is 1. The summed E-state index contributed by atoms with van der Waals surface area (Å²) in [5.41, 5.74) is 7.29. The van der Waals surface area contributed by atoms with Crippen LogP contribution in [0.1, 0.15) is 30.1 Å². The van der Waals surface area contributed by atoms with Gasteiger partial charge in [-0.15, -0.1) is 0 Å². The molecule has 1 atom stereocenters. The van der Waals surface area contributed by atoms with Crippen molar-refractivity contribution >= 4 is 0 Å². The van der Waals surface area contributed by atoms with E-state index in [2.05, 4.69) is 0 Å². The monoisotopic (exact) mass is 207 g/mol. The Kier molecular flexibility index (Phi) is 2.78. The van der Waals surface area contributed by atoms with Crippen molar-refractivity contribution in [1.82, 2.24) is 0 Å². The Balaban J connectivity index is 2.38. The zero-order valence-electron chi connectivity index (χ0n) is 8.69. The van der Waals surface area contributed by atoms with Gasteiger partial charge in [0.2, 0.25) is 0 Å². The van der Waals surface area contributed by atoms with Crippen molar-refractivity contribution in [1.29, 1.82) is 0 Å². The van der Waals surface area contributed by atoms with Gasteiger partial charge >= 0.3 is 0 Å². The highest BCUT2D eigenvalue weighted by Gasteiger charge is 2.45. The number of rotatable bonds is 4. The SMILES string of the molecule is NCC(O)c1ccccc1C1(CO)CC1. The van der Waals surface area contributed by atoms with Gasteiger partial charge in [0, 0.05) is 12.0 Å². The molecule has 1 unspecified atom stereocenters. The lowest BCUT2D eigenvalue weighted by Crippen LogP contribution is -2.19. The Morgan fingerprint density at radius 3 is 2.53 bits per heavy atom. The van der Waals surface area contributed by atoms with Crippen LogP contribution in [0.2, 0.25) is 0 Å². The molecular weight excluding hydrogens is 190 g/mol. The van der Waals surface area contributed by atoms with E-state index < -0.39 is 6.10 Å². The fourth-order valence-corrected chi connectivity index (χ4v) is 2.06. The summed E-state index contributed by atoms with van der Waals surface area (Å²) in [5.74, 6) is 0. The fourth-order valence-electron chi connectivity index (χ4n) is 2.06. The first-order valence-corrected chi connectivity index (χ1v) is 5.32. The topological polar surface area (TPSA) is 66.5 Å². The summed E-state index contributed by atoms with van der Waals surface area (Å²) in [7, 11) is 0. The maximum Gasteiger partial charge on any atom is 0.0915 e. The first kappa shape index (κ1) is 10.6. The van der Waals surface area contributed by atoms with E-state index in [4.69, 9.17) is 5.73 Å². The summed E-state index contributed by atoms with van der Waals surface area (Å²) >= 11 is 0. The average Bonchev–Trinajstić information content (AvgIpc) is 3.09. The zero-order valence-corrected chi connectivity index (χ0v) is 8.69. The largest absolute Gasteiger partial charge is 0.395 e. The summed E-state index contributed by atoms with van der Waals surface area (Å²) in [6, 6.07) is 7.71. The van der Waals surface area contributed by atoms with Gasteiger partial charge in [-0.05, 0) is 24.0 Å². The third-order valence-corrected chi connectivity index (χ3v) is 3.27. The molecular formula is C12H17NO2. The van der Waals surface area contributed by atoms with Crippen molar-refractivity contribution in [3.05, 3.63) is 35.4 Å². The van der Waals surface area contributed by atoms with E-state index in [1.807, 2.05) is 24.3 Å². The molecule has 0 heterocycles. The van der Waals surface area contributed by atoms with Gasteiger partial charge in [0.05, 0.1) is 12.7 Å². The minimum absolute atomic E-state index is 0.104. The maximum absolute atomic E-state index is 9.79. The van der Waals surface area contributed by atoms with Crippen LogP contribution >= 0.6 is 0 Å². The number of aliphatic hydroxyl groups excluding tert-OH is 2. The van der Waals surface area contributed by atoms with Crippen LogP contribution in [-0.2, 0) is 5.41 Å². The van der Waals surface area contributed by atoms with Crippen LogP contribution in [0.5, 0.6) is 0 Å². The van der Waals surface area contributed by atoms with Crippen LogP contribution < -0.4 is 5.73 Å². The van der Waals surface area contributed by atoms with Gasteiger partial charge < -0.3 is 15.9 Å². The predicted octanol–water partition coefficient (Wildman–Crippen LogP) is 0.703. The highest BCUT2D eigenvalue weighted by atomic mass is 16.3. The van der Waals surface area contributed by atoms with Gasteiger partial charge in [-0.1, -0.05) is 24.3 Å². The molecule has 0 radical (unpaired) electrons. The van der Waals surface area contributed by atoms with Crippen molar-refractivity contribution < 1.29 is 10.2 Å². The third-order valence-electron chi connectivity index (χ3n) is 3.27. The number of aliphatic hydroxyl groups is 2. The summed E-state index contributed by atoms with van der Waals surface area (Å²) in [4.78, 5) is 0. The Labute approximate surface area is 89.5 Å². The molecule has 15 heavy (non-hydrogen) atoms. The Morgan fingerprint density at radius 2 is 2.00 bits per heavy atom. The number of benzene rings is 1. The van der Waals surface area contributed by atoms with E-state index in [1.54, 1.807) is 0 Å². The molecule has 82 valence electrons.